The number of rotatable bonds is 4. The Balaban J connectivity index is 0.000000547. The summed E-state index contributed by atoms with van der Waals surface area (Å²) in [5, 5.41) is 2.58. The molecule has 0 bridgehead atoms. The third kappa shape index (κ3) is 3.92. The number of anilines is 1. The molecule has 27 heavy (non-hydrogen) atoms. The van der Waals surface area contributed by atoms with Crippen molar-refractivity contribution in [2.45, 2.75) is 26.2 Å². The number of carbonyl (C=O) groups is 1. The Morgan fingerprint density at radius 3 is 2.56 bits per heavy atom. The Labute approximate surface area is 158 Å². The summed E-state index contributed by atoms with van der Waals surface area (Å²) < 4.78 is 1.92. The summed E-state index contributed by atoms with van der Waals surface area (Å²) in [6.07, 6.45) is 12.9. The van der Waals surface area contributed by atoms with E-state index < -0.39 is 0 Å². The van der Waals surface area contributed by atoms with Crippen LogP contribution in [0.15, 0.2) is 61.2 Å². The topological polar surface area (TPSA) is 62.2 Å². The molecule has 1 aliphatic rings. The number of amides is 1. The van der Waals surface area contributed by atoms with Gasteiger partial charge in [0.15, 0.2) is 5.82 Å². The van der Waals surface area contributed by atoms with Gasteiger partial charge >= 0.3 is 0 Å². The Morgan fingerprint density at radius 2 is 1.85 bits per heavy atom. The summed E-state index contributed by atoms with van der Waals surface area (Å²) in [6.45, 7) is 2.10. The van der Waals surface area contributed by atoms with Gasteiger partial charge < -0.3 is 14.7 Å². The van der Waals surface area contributed by atoms with Crippen molar-refractivity contribution in [2.24, 2.45) is 0 Å². The van der Waals surface area contributed by atoms with E-state index in [2.05, 4.69) is 52.5 Å². The standard InChI is InChI=1S/C19H16N4O.C3H6/c1-13-2-3-14(15-6-7-20-9-15)8-17(13)16-4-5-19-22-18(21-12-24)11-23(19)10-16;1-2-3-1/h2-12,20H,1H3,(H,21,24);1-3H2. The van der Waals surface area contributed by atoms with Gasteiger partial charge in [-0.15, -0.1) is 0 Å². The van der Waals surface area contributed by atoms with Gasteiger partial charge in [0.05, 0.1) is 6.20 Å². The number of fused-ring (bicyclic) bond motifs is 1. The van der Waals surface area contributed by atoms with Crippen molar-refractivity contribution in [2.75, 3.05) is 5.32 Å². The second-order valence-corrected chi connectivity index (χ2v) is 6.76. The number of nitrogens with one attached hydrogen (secondary N) is 2. The molecule has 1 saturated carbocycles. The van der Waals surface area contributed by atoms with Gasteiger partial charge in [0.1, 0.15) is 5.65 Å². The maximum absolute atomic E-state index is 10.6. The predicted octanol–water partition coefficient (Wildman–Crippen LogP) is 5.04. The highest BCUT2D eigenvalue weighted by molar-refractivity contribution is 5.76. The molecular weight excluding hydrogens is 336 g/mol. The average molecular weight is 358 g/mol. The first-order valence-corrected chi connectivity index (χ1v) is 9.18. The van der Waals surface area contributed by atoms with Gasteiger partial charge in [0.2, 0.25) is 6.41 Å². The molecule has 0 aliphatic heterocycles. The molecule has 0 radical (unpaired) electrons. The zero-order valence-electron chi connectivity index (χ0n) is 15.3. The van der Waals surface area contributed by atoms with Crippen LogP contribution in [0.1, 0.15) is 24.8 Å². The Hall–Kier alpha value is -3.34. The van der Waals surface area contributed by atoms with Crippen molar-refractivity contribution in [3.63, 3.8) is 0 Å². The zero-order valence-corrected chi connectivity index (χ0v) is 15.3. The highest BCUT2D eigenvalue weighted by atomic mass is 16.1. The number of benzene rings is 1. The lowest BCUT2D eigenvalue weighted by molar-refractivity contribution is -0.105. The average Bonchev–Trinajstić information content (AvgIpc) is 3.35. The second-order valence-electron chi connectivity index (χ2n) is 6.76. The molecule has 0 saturated heterocycles. The summed E-state index contributed by atoms with van der Waals surface area (Å²) in [6, 6.07) is 12.5. The molecule has 1 amide bonds. The van der Waals surface area contributed by atoms with E-state index in [0.29, 0.717) is 12.2 Å². The van der Waals surface area contributed by atoms with Gasteiger partial charge in [-0.05, 0) is 59.0 Å². The Bertz CT molecular complexity index is 1060. The molecule has 5 heteroatoms. The minimum absolute atomic E-state index is 0.542. The molecule has 3 heterocycles. The highest BCUT2D eigenvalue weighted by Crippen LogP contribution is 2.29. The molecule has 0 unspecified atom stereocenters. The van der Waals surface area contributed by atoms with Crippen molar-refractivity contribution >= 4 is 17.9 Å². The Morgan fingerprint density at radius 1 is 1.04 bits per heavy atom. The van der Waals surface area contributed by atoms with Gasteiger partial charge in [0.25, 0.3) is 0 Å². The number of hydrogen-bond acceptors (Lipinski definition) is 2. The molecule has 1 aromatic carbocycles. The van der Waals surface area contributed by atoms with Crippen molar-refractivity contribution in [1.29, 1.82) is 0 Å². The van der Waals surface area contributed by atoms with Crippen LogP contribution in [0.25, 0.3) is 27.9 Å². The van der Waals surface area contributed by atoms with Crippen LogP contribution in [0.3, 0.4) is 0 Å². The molecule has 136 valence electrons. The van der Waals surface area contributed by atoms with Gasteiger partial charge in [-0.25, -0.2) is 4.98 Å². The van der Waals surface area contributed by atoms with Gasteiger partial charge in [-0.1, -0.05) is 31.4 Å². The Kier molecular flexibility index (Phi) is 4.75. The van der Waals surface area contributed by atoms with Crippen LogP contribution in [-0.4, -0.2) is 20.8 Å². The van der Waals surface area contributed by atoms with Gasteiger partial charge in [0, 0.05) is 18.6 Å². The highest BCUT2D eigenvalue weighted by Gasteiger charge is 2.08. The van der Waals surface area contributed by atoms with E-state index >= 15 is 0 Å². The minimum Gasteiger partial charge on any atom is -0.367 e. The van der Waals surface area contributed by atoms with Crippen molar-refractivity contribution in [1.82, 2.24) is 14.4 Å². The van der Waals surface area contributed by atoms with E-state index in [1.165, 1.54) is 36.0 Å². The maximum Gasteiger partial charge on any atom is 0.212 e. The van der Waals surface area contributed by atoms with E-state index in [0.717, 1.165) is 16.8 Å². The smallest absolute Gasteiger partial charge is 0.212 e. The predicted molar refractivity (Wildman–Crippen MR) is 109 cm³/mol. The molecule has 0 atom stereocenters. The lowest BCUT2D eigenvalue weighted by atomic mass is 9.97. The van der Waals surface area contributed by atoms with Crippen LogP contribution in [0.4, 0.5) is 5.82 Å². The van der Waals surface area contributed by atoms with E-state index in [9.17, 15) is 4.79 Å². The van der Waals surface area contributed by atoms with Crippen LogP contribution in [0, 0.1) is 6.92 Å². The van der Waals surface area contributed by atoms with Crippen LogP contribution >= 0.6 is 0 Å². The molecule has 5 rings (SSSR count). The fourth-order valence-corrected chi connectivity index (χ4v) is 2.90. The van der Waals surface area contributed by atoms with Crippen molar-refractivity contribution in [3.05, 3.63) is 66.7 Å². The molecule has 1 aliphatic carbocycles. The number of aromatic nitrogens is 3. The van der Waals surface area contributed by atoms with Crippen LogP contribution < -0.4 is 5.32 Å². The largest absolute Gasteiger partial charge is 0.367 e. The first-order valence-electron chi connectivity index (χ1n) is 9.18. The monoisotopic (exact) mass is 358 g/mol. The summed E-state index contributed by atoms with van der Waals surface area (Å²) in [5.74, 6) is 0.542. The fourth-order valence-electron chi connectivity index (χ4n) is 2.90. The molecule has 0 spiro atoms. The van der Waals surface area contributed by atoms with E-state index in [1.54, 1.807) is 6.20 Å². The van der Waals surface area contributed by atoms with E-state index in [-0.39, 0.29) is 0 Å². The zero-order chi connectivity index (χ0) is 18.6. The molecule has 4 aromatic rings. The van der Waals surface area contributed by atoms with Crippen LogP contribution in [-0.2, 0) is 4.79 Å². The maximum atomic E-state index is 10.6. The number of hydrogen-bond donors (Lipinski definition) is 2. The summed E-state index contributed by atoms with van der Waals surface area (Å²) in [4.78, 5) is 18.0. The molecule has 3 aromatic heterocycles. The van der Waals surface area contributed by atoms with Crippen LogP contribution in [0.2, 0.25) is 0 Å². The molecule has 2 N–H and O–H groups in total. The van der Waals surface area contributed by atoms with Crippen LogP contribution in [0.5, 0.6) is 0 Å². The fraction of sp³-hybridized carbons (Fsp3) is 0.182. The first kappa shape index (κ1) is 17.1. The SMILES string of the molecule is C1CC1.Cc1ccc(-c2cc[nH]c2)cc1-c1ccc2nc(NC=O)cn2c1. The normalized spacial score (nSPS) is 12.3. The molecular formula is C22H22N4O. The van der Waals surface area contributed by atoms with E-state index in [4.69, 9.17) is 0 Å². The summed E-state index contributed by atoms with van der Waals surface area (Å²) >= 11 is 0. The lowest BCUT2D eigenvalue weighted by Gasteiger charge is -2.09. The quantitative estimate of drug-likeness (QED) is 0.502. The summed E-state index contributed by atoms with van der Waals surface area (Å²) in [7, 11) is 0. The third-order valence-corrected chi connectivity index (χ3v) is 4.49. The number of pyridine rings is 1. The number of imidazole rings is 1. The molecule has 1 fully saturated rings. The summed E-state index contributed by atoms with van der Waals surface area (Å²) in [5.41, 5.74) is 6.62. The lowest BCUT2D eigenvalue weighted by Crippen LogP contribution is -1.92. The number of carbonyl (C=O) groups excluding carboxylic acids is 1. The first-order chi connectivity index (χ1) is 13.2. The number of H-pyrrole nitrogens is 1. The van der Waals surface area contributed by atoms with Gasteiger partial charge in [-0.2, -0.15) is 0 Å². The number of aromatic amines is 1. The second kappa shape index (κ2) is 7.50. The minimum atomic E-state index is 0.542. The van der Waals surface area contributed by atoms with E-state index in [1.807, 2.05) is 29.1 Å². The number of nitrogens with zero attached hydrogens (tertiary/aromatic N) is 2. The number of aryl methyl sites for hydroxylation is 1. The van der Waals surface area contributed by atoms with Gasteiger partial charge in [-0.3, -0.25) is 4.79 Å². The molecule has 5 nitrogen and oxygen atoms in total. The van der Waals surface area contributed by atoms with Crippen molar-refractivity contribution < 1.29 is 4.79 Å². The third-order valence-electron chi connectivity index (χ3n) is 4.49. The van der Waals surface area contributed by atoms with Crippen molar-refractivity contribution in [3.8, 4) is 22.3 Å².